The molecular formula is C14H19ClN2S. The average molecular weight is 283 g/mol. The van der Waals surface area contributed by atoms with Crippen LogP contribution in [0.1, 0.15) is 38.7 Å². The highest BCUT2D eigenvalue weighted by molar-refractivity contribution is 7.80. The van der Waals surface area contributed by atoms with Crippen LogP contribution in [0.2, 0.25) is 5.02 Å². The van der Waals surface area contributed by atoms with Crippen LogP contribution >= 0.6 is 23.8 Å². The summed E-state index contributed by atoms with van der Waals surface area (Å²) in [7, 11) is 0. The summed E-state index contributed by atoms with van der Waals surface area (Å²) in [4.78, 5) is 0.409. The van der Waals surface area contributed by atoms with Gasteiger partial charge in [0, 0.05) is 22.3 Å². The van der Waals surface area contributed by atoms with Crippen molar-refractivity contribution in [2.45, 2.75) is 39.2 Å². The van der Waals surface area contributed by atoms with Crippen molar-refractivity contribution >= 4 is 34.5 Å². The molecule has 2 rings (SSSR count). The smallest absolute Gasteiger partial charge is 0.106 e. The lowest BCUT2D eigenvalue weighted by Crippen LogP contribution is -2.20. The highest BCUT2D eigenvalue weighted by atomic mass is 35.5. The lowest BCUT2D eigenvalue weighted by molar-refractivity contribution is 0.378. The van der Waals surface area contributed by atoms with Crippen LogP contribution in [0.25, 0.3) is 0 Å². The Bertz CT molecular complexity index is 471. The Hall–Kier alpha value is -0.800. The van der Waals surface area contributed by atoms with Crippen LogP contribution in [0.3, 0.4) is 0 Å². The minimum atomic E-state index is 0.409. The van der Waals surface area contributed by atoms with Crippen LogP contribution in [0.5, 0.6) is 0 Å². The molecule has 0 spiro atoms. The molecule has 3 N–H and O–H groups in total. The first-order valence-corrected chi connectivity index (χ1v) is 7.02. The van der Waals surface area contributed by atoms with Gasteiger partial charge in [0.05, 0.1) is 0 Å². The third-order valence-electron chi connectivity index (χ3n) is 3.58. The summed E-state index contributed by atoms with van der Waals surface area (Å²) < 4.78 is 0. The van der Waals surface area contributed by atoms with Crippen LogP contribution in [-0.4, -0.2) is 11.0 Å². The fourth-order valence-corrected chi connectivity index (χ4v) is 2.98. The predicted octanol–water partition coefficient (Wildman–Crippen LogP) is 3.96. The summed E-state index contributed by atoms with van der Waals surface area (Å²) >= 11 is 11.1. The van der Waals surface area contributed by atoms with Crippen LogP contribution in [0.4, 0.5) is 5.69 Å². The molecule has 0 heterocycles. The third-order valence-corrected chi connectivity index (χ3v) is 4.03. The molecule has 98 valence electrons. The van der Waals surface area contributed by atoms with Crippen molar-refractivity contribution in [2.75, 3.05) is 5.32 Å². The van der Waals surface area contributed by atoms with Gasteiger partial charge in [-0.05, 0) is 42.9 Å². The van der Waals surface area contributed by atoms with E-state index in [0.29, 0.717) is 21.5 Å². The molecule has 1 aromatic rings. The van der Waals surface area contributed by atoms with E-state index < -0.39 is 0 Å². The van der Waals surface area contributed by atoms with Crippen molar-refractivity contribution in [3.05, 3.63) is 28.8 Å². The summed E-state index contributed by atoms with van der Waals surface area (Å²) in [5.41, 5.74) is 7.99. The Kier molecular flexibility index (Phi) is 3.83. The van der Waals surface area contributed by atoms with E-state index in [4.69, 9.17) is 29.6 Å². The minimum absolute atomic E-state index is 0.409. The normalized spacial score (nSPS) is 21.8. The van der Waals surface area contributed by atoms with Crippen molar-refractivity contribution in [3.63, 3.8) is 0 Å². The van der Waals surface area contributed by atoms with Crippen molar-refractivity contribution in [1.29, 1.82) is 0 Å². The Morgan fingerprint density at radius 3 is 2.78 bits per heavy atom. The van der Waals surface area contributed by atoms with Crippen molar-refractivity contribution in [2.24, 2.45) is 11.1 Å². The number of nitrogens with one attached hydrogen (secondary N) is 1. The van der Waals surface area contributed by atoms with Crippen LogP contribution in [-0.2, 0) is 0 Å². The summed E-state index contributed by atoms with van der Waals surface area (Å²) in [6, 6.07) is 6.08. The molecule has 0 bridgehead atoms. The molecule has 1 aromatic carbocycles. The van der Waals surface area contributed by atoms with Crippen molar-refractivity contribution in [1.82, 2.24) is 0 Å². The minimum Gasteiger partial charge on any atom is -0.389 e. The van der Waals surface area contributed by atoms with E-state index in [1.54, 1.807) is 0 Å². The van der Waals surface area contributed by atoms with Gasteiger partial charge in [0.25, 0.3) is 0 Å². The summed E-state index contributed by atoms with van der Waals surface area (Å²) in [6.07, 6.45) is 3.58. The predicted molar refractivity (Wildman–Crippen MR) is 82.4 cm³/mol. The molecule has 1 fully saturated rings. The van der Waals surface area contributed by atoms with Crippen LogP contribution in [0, 0.1) is 5.41 Å². The van der Waals surface area contributed by atoms with Crippen LogP contribution in [0.15, 0.2) is 18.2 Å². The second-order valence-electron chi connectivity index (χ2n) is 5.80. The van der Waals surface area contributed by atoms with E-state index in [-0.39, 0.29) is 0 Å². The summed E-state index contributed by atoms with van der Waals surface area (Å²) in [5.74, 6) is 0. The lowest BCUT2D eigenvalue weighted by Gasteiger charge is -2.20. The Morgan fingerprint density at radius 2 is 2.22 bits per heavy atom. The van der Waals surface area contributed by atoms with E-state index in [9.17, 15) is 0 Å². The quantitative estimate of drug-likeness (QED) is 0.824. The van der Waals surface area contributed by atoms with Gasteiger partial charge in [-0.25, -0.2) is 0 Å². The van der Waals surface area contributed by atoms with Gasteiger partial charge in [0.15, 0.2) is 0 Å². The van der Waals surface area contributed by atoms with Gasteiger partial charge in [-0.15, -0.1) is 0 Å². The second-order valence-corrected chi connectivity index (χ2v) is 6.68. The molecule has 1 atom stereocenters. The van der Waals surface area contributed by atoms with Gasteiger partial charge in [-0.2, -0.15) is 0 Å². The molecule has 0 radical (unpaired) electrons. The maximum atomic E-state index is 6.04. The van der Waals surface area contributed by atoms with Gasteiger partial charge in [-0.3, -0.25) is 0 Å². The first-order chi connectivity index (χ1) is 8.37. The molecule has 1 saturated carbocycles. The fourth-order valence-electron chi connectivity index (χ4n) is 2.63. The average Bonchev–Trinajstić information content (AvgIpc) is 2.57. The number of halogens is 1. The largest absolute Gasteiger partial charge is 0.389 e. The molecule has 4 heteroatoms. The summed E-state index contributed by atoms with van der Waals surface area (Å²) in [6.45, 7) is 4.61. The Balaban J connectivity index is 2.18. The molecule has 0 amide bonds. The zero-order valence-corrected chi connectivity index (χ0v) is 12.4. The maximum absolute atomic E-state index is 6.04. The van der Waals surface area contributed by atoms with Gasteiger partial charge < -0.3 is 11.1 Å². The molecule has 1 aliphatic rings. The van der Waals surface area contributed by atoms with E-state index in [2.05, 4.69) is 19.2 Å². The molecule has 1 aliphatic carbocycles. The van der Waals surface area contributed by atoms with Gasteiger partial charge in [0.2, 0.25) is 0 Å². The van der Waals surface area contributed by atoms with E-state index in [0.717, 1.165) is 17.7 Å². The first kappa shape index (κ1) is 13.6. The van der Waals surface area contributed by atoms with E-state index >= 15 is 0 Å². The number of hydrogen-bond donors (Lipinski definition) is 2. The van der Waals surface area contributed by atoms with Gasteiger partial charge in [-0.1, -0.05) is 37.7 Å². The molecule has 0 saturated heterocycles. The highest BCUT2D eigenvalue weighted by Gasteiger charge is 2.31. The summed E-state index contributed by atoms with van der Waals surface area (Å²) in [5, 5.41) is 4.24. The van der Waals surface area contributed by atoms with Crippen LogP contribution < -0.4 is 11.1 Å². The standard InChI is InChI=1S/C14H19ClN2S/c1-14(2)6-5-10(8-14)17-12-7-9(15)3-4-11(12)13(16)18/h3-4,7,10,17H,5-6,8H2,1-2H3,(H2,16,18). The maximum Gasteiger partial charge on any atom is 0.106 e. The number of anilines is 1. The number of nitrogens with two attached hydrogens (primary N) is 1. The molecular weight excluding hydrogens is 264 g/mol. The highest BCUT2D eigenvalue weighted by Crippen LogP contribution is 2.38. The SMILES string of the molecule is CC1(C)CCC(Nc2cc(Cl)ccc2C(N)=S)C1. The number of thiocarbonyl (C=S) groups is 1. The Morgan fingerprint density at radius 1 is 1.50 bits per heavy atom. The van der Waals surface area contributed by atoms with Crippen molar-refractivity contribution < 1.29 is 0 Å². The first-order valence-electron chi connectivity index (χ1n) is 6.23. The third kappa shape index (κ3) is 3.15. The lowest BCUT2D eigenvalue weighted by atomic mass is 9.92. The van der Waals surface area contributed by atoms with E-state index in [1.165, 1.54) is 12.8 Å². The second kappa shape index (κ2) is 5.06. The molecule has 18 heavy (non-hydrogen) atoms. The van der Waals surface area contributed by atoms with E-state index in [1.807, 2.05) is 18.2 Å². The fraction of sp³-hybridized carbons (Fsp3) is 0.500. The molecule has 0 aromatic heterocycles. The number of benzene rings is 1. The molecule has 1 unspecified atom stereocenters. The number of hydrogen-bond acceptors (Lipinski definition) is 2. The van der Waals surface area contributed by atoms with Gasteiger partial charge >= 0.3 is 0 Å². The monoisotopic (exact) mass is 282 g/mol. The molecule has 0 aliphatic heterocycles. The topological polar surface area (TPSA) is 38.0 Å². The van der Waals surface area contributed by atoms with Gasteiger partial charge in [0.1, 0.15) is 4.99 Å². The zero-order chi connectivity index (χ0) is 13.3. The molecule has 2 nitrogen and oxygen atoms in total. The number of rotatable bonds is 3. The Labute approximate surface area is 119 Å². The van der Waals surface area contributed by atoms with Crippen molar-refractivity contribution in [3.8, 4) is 0 Å². The zero-order valence-electron chi connectivity index (χ0n) is 10.8.